The number of carbonyl (C=O) groups excluding carboxylic acids is 1. The van der Waals surface area contributed by atoms with Crippen LogP contribution >= 0.6 is 0 Å². The van der Waals surface area contributed by atoms with Gasteiger partial charge in [-0.3, -0.25) is 4.79 Å². The summed E-state index contributed by atoms with van der Waals surface area (Å²) in [6.07, 6.45) is 3.24. The number of carboxylic acids is 1. The second-order valence-corrected chi connectivity index (χ2v) is 5.04. The Morgan fingerprint density at radius 2 is 2.00 bits per heavy atom. The summed E-state index contributed by atoms with van der Waals surface area (Å²) in [5.74, 6) is -0.407. The Kier molecular flexibility index (Phi) is 5.44. The van der Waals surface area contributed by atoms with Crippen LogP contribution in [0.15, 0.2) is 0 Å². The van der Waals surface area contributed by atoms with Crippen molar-refractivity contribution in [3.05, 3.63) is 0 Å². The van der Waals surface area contributed by atoms with E-state index in [1.807, 2.05) is 18.7 Å². The molecule has 104 valence electrons. The first-order valence-electron chi connectivity index (χ1n) is 6.76. The van der Waals surface area contributed by atoms with Crippen LogP contribution in [0.25, 0.3) is 0 Å². The number of rotatable bonds is 4. The second-order valence-electron chi connectivity index (χ2n) is 5.04. The highest BCUT2D eigenvalue weighted by Gasteiger charge is 2.31. The minimum Gasteiger partial charge on any atom is -0.480 e. The number of aliphatic carboxylic acids is 1. The summed E-state index contributed by atoms with van der Waals surface area (Å²) < 4.78 is 0. The van der Waals surface area contributed by atoms with Gasteiger partial charge in [0.05, 0.1) is 0 Å². The molecular weight excluding hydrogens is 232 g/mol. The first-order valence-corrected chi connectivity index (χ1v) is 6.76. The van der Waals surface area contributed by atoms with E-state index in [-0.39, 0.29) is 18.6 Å². The maximum atomic E-state index is 12.3. The Labute approximate surface area is 109 Å². The Balaban J connectivity index is 2.69. The molecule has 1 heterocycles. The van der Waals surface area contributed by atoms with Gasteiger partial charge in [0.1, 0.15) is 6.54 Å². The number of carbonyl (C=O) groups is 2. The molecule has 0 aromatic heterocycles. The first-order chi connectivity index (χ1) is 8.49. The topological polar surface area (TPSA) is 60.9 Å². The van der Waals surface area contributed by atoms with Gasteiger partial charge in [-0.1, -0.05) is 13.3 Å². The molecule has 0 bridgehead atoms. The number of likely N-dealkylation sites (tertiary alicyclic amines) is 1. The molecule has 1 N–H and O–H groups in total. The zero-order chi connectivity index (χ0) is 13.7. The van der Waals surface area contributed by atoms with Crippen LogP contribution in [0.1, 0.15) is 40.0 Å². The molecule has 1 aliphatic rings. The molecule has 1 saturated heterocycles. The zero-order valence-electron chi connectivity index (χ0n) is 11.6. The van der Waals surface area contributed by atoms with E-state index < -0.39 is 5.97 Å². The molecule has 0 saturated carbocycles. The molecule has 2 atom stereocenters. The summed E-state index contributed by atoms with van der Waals surface area (Å²) >= 11 is 0. The Morgan fingerprint density at radius 3 is 2.50 bits per heavy atom. The molecule has 0 aromatic carbocycles. The molecule has 1 aliphatic heterocycles. The van der Waals surface area contributed by atoms with E-state index in [2.05, 4.69) is 6.92 Å². The number of likely N-dealkylation sites (N-methyl/N-ethyl adjacent to an activating group) is 1. The normalized spacial score (nSPS) is 23.8. The number of urea groups is 1. The summed E-state index contributed by atoms with van der Waals surface area (Å²) in [6, 6.07) is 0.0775. The number of piperidine rings is 1. The molecule has 2 amide bonds. The average molecular weight is 256 g/mol. The van der Waals surface area contributed by atoms with E-state index in [1.54, 1.807) is 0 Å². The fourth-order valence-electron chi connectivity index (χ4n) is 2.44. The second kappa shape index (κ2) is 6.61. The van der Waals surface area contributed by atoms with Gasteiger partial charge in [-0.2, -0.15) is 0 Å². The Bertz CT molecular complexity index is 307. The Hall–Kier alpha value is -1.26. The van der Waals surface area contributed by atoms with Gasteiger partial charge < -0.3 is 14.9 Å². The van der Waals surface area contributed by atoms with Crippen LogP contribution in [0.4, 0.5) is 4.79 Å². The summed E-state index contributed by atoms with van der Waals surface area (Å²) in [4.78, 5) is 26.3. The lowest BCUT2D eigenvalue weighted by Gasteiger charge is -2.40. The van der Waals surface area contributed by atoms with Gasteiger partial charge >= 0.3 is 12.0 Å². The van der Waals surface area contributed by atoms with Gasteiger partial charge in [0.15, 0.2) is 0 Å². The lowest BCUT2D eigenvalue weighted by Crippen LogP contribution is -2.52. The van der Waals surface area contributed by atoms with E-state index in [9.17, 15) is 9.59 Å². The van der Waals surface area contributed by atoms with E-state index in [0.717, 1.165) is 25.8 Å². The zero-order valence-corrected chi connectivity index (χ0v) is 11.6. The third-order valence-corrected chi connectivity index (χ3v) is 3.78. The van der Waals surface area contributed by atoms with Crippen LogP contribution in [0, 0.1) is 5.92 Å². The Morgan fingerprint density at radius 1 is 1.33 bits per heavy atom. The molecule has 1 rings (SSSR count). The van der Waals surface area contributed by atoms with Crippen LogP contribution in [-0.4, -0.2) is 52.6 Å². The summed E-state index contributed by atoms with van der Waals surface area (Å²) in [5.41, 5.74) is 0. The molecule has 5 heteroatoms. The van der Waals surface area contributed by atoms with E-state index in [1.165, 1.54) is 4.90 Å². The predicted molar refractivity (Wildman–Crippen MR) is 69.5 cm³/mol. The van der Waals surface area contributed by atoms with Gasteiger partial charge in [0.25, 0.3) is 0 Å². The minimum atomic E-state index is -0.957. The highest BCUT2D eigenvalue weighted by Crippen LogP contribution is 2.24. The molecular formula is C13H24N2O3. The van der Waals surface area contributed by atoms with Crippen molar-refractivity contribution in [1.82, 2.24) is 9.80 Å². The van der Waals surface area contributed by atoms with Crippen molar-refractivity contribution in [1.29, 1.82) is 0 Å². The number of carboxylic acid groups (broad SMARTS) is 1. The molecule has 0 spiro atoms. The van der Waals surface area contributed by atoms with Gasteiger partial charge in [0, 0.05) is 19.1 Å². The van der Waals surface area contributed by atoms with Crippen molar-refractivity contribution in [3.63, 3.8) is 0 Å². The number of hydrogen-bond donors (Lipinski definition) is 1. The fraction of sp³-hybridized carbons (Fsp3) is 0.846. The molecule has 0 radical (unpaired) electrons. The summed E-state index contributed by atoms with van der Waals surface area (Å²) in [6.45, 7) is 6.97. The van der Waals surface area contributed by atoms with E-state index in [4.69, 9.17) is 5.11 Å². The third kappa shape index (κ3) is 3.62. The summed E-state index contributed by atoms with van der Waals surface area (Å²) in [5, 5.41) is 8.81. The molecule has 5 nitrogen and oxygen atoms in total. The van der Waals surface area contributed by atoms with Gasteiger partial charge in [0.2, 0.25) is 0 Å². The lowest BCUT2D eigenvalue weighted by atomic mass is 9.92. The lowest BCUT2D eigenvalue weighted by molar-refractivity contribution is -0.137. The molecule has 18 heavy (non-hydrogen) atoms. The van der Waals surface area contributed by atoms with E-state index in [0.29, 0.717) is 12.5 Å². The van der Waals surface area contributed by atoms with Crippen molar-refractivity contribution in [2.75, 3.05) is 19.6 Å². The van der Waals surface area contributed by atoms with Gasteiger partial charge in [-0.15, -0.1) is 0 Å². The molecule has 1 fully saturated rings. The smallest absolute Gasteiger partial charge is 0.323 e. The predicted octanol–water partition coefficient (Wildman–Crippen LogP) is 2.02. The highest BCUT2D eigenvalue weighted by atomic mass is 16.4. The maximum absolute atomic E-state index is 12.3. The summed E-state index contributed by atoms with van der Waals surface area (Å²) in [7, 11) is 0. The molecule has 2 unspecified atom stereocenters. The average Bonchev–Trinajstić information content (AvgIpc) is 2.35. The number of amides is 2. The van der Waals surface area contributed by atoms with Crippen molar-refractivity contribution in [2.24, 2.45) is 5.92 Å². The van der Waals surface area contributed by atoms with Crippen molar-refractivity contribution in [2.45, 2.75) is 46.1 Å². The van der Waals surface area contributed by atoms with E-state index >= 15 is 0 Å². The molecule has 0 aliphatic carbocycles. The highest BCUT2D eigenvalue weighted by molar-refractivity contribution is 5.80. The monoisotopic (exact) mass is 256 g/mol. The minimum absolute atomic E-state index is 0.134. The fourth-order valence-corrected chi connectivity index (χ4v) is 2.44. The standard InChI is InChI=1S/C13H24N2O3/c1-4-11-7-6-10(3)15(8-11)13(18)14(5-2)9-12(16)17/h10-11H,4-9H2,1-3H3,(H,16,17). The number of nitrogens with zero attached hydrogens (tertiary/aromatic N) is 2. The van der Waals surface area contributed by atoms with Crippen molar-refractivity contribution in [3.8, 4) is 0 Å². The van der Waals surface area contributed by atoms with Crippen LogP contribution in [0.5, 0.6) is 0 Å². The largest absolute Gasteiger partial charge is 0.480 e. The van der Waals surface area contributed by atoms with Crippen LogP contribution in [0.3, 0.4) is 0 Å². The molecule has 0 aromatic rings. The first kappa shape index (κ1) is 14.8. The quantitative estimate of drug-likeness (QED) is 0.837. The van der Waals surface area contributed by atoms with Gasteiger partial charge in [-0.05, 0) is 32.6 Å². The number of hydrogen-bond acceptors (Lipinski definition) is 2. The van der Waals surface area contributed by atoms with Crippen LogP contribution < -0.4 is 0 Å². The SMILES string of the molecule is CCC1CCC(C)N(C(=O)N(CC)CC(=O)O)C1. The van der Waals surface area contributed by atoms with Crippen molar-refractivity contribution < 1.29 is 14.7 Å². The van der Waals surface area contributed by atoms with Crippen molar-refractivity contribution >= 4 is 12.0 Å². The van der Waals surface area contributed by atoms with Gasteiger partial charge in [-0.25, -0.2) is 4.79 Å². The van der Waals surface area contributed by atoms with Crippen LogP contribution in [0.2, 0.25) is 0 Å². The van der Waals surface area contributed by atoms with Crippen LogP contribution in [-0.2, 0) is 4.79 Å². The third-order valence-electron chi connectivity index (χ3n) is 3.78. The maximum Gasteiger partial charge on any atom is 0.323 e.